The van der Waals surface area contributed by atoms with Crippen LogP contribution >= 0.6 is 11.6 Å². The van der Waals surface area contributed by atoms with Gasteiger partial charge in [0.05, 0.1) is 5.02 Å². The number of amides is 1. The lowest BCUT2D eigenvalue weighted by molar-refractivity contribution is -0.905. The summed E-state index contributed by atoms with van der Waals surface area (Å²) in [5, 5.41) is 12.7. The lowest BCUT2D eigenvalue weighted by Crippen LogP contribution is -2.75. The molecule has 8 heteroatoms. The molecule has 0 atom stereocenters. The second-order valence-electron chi connectivity index (χ2n) is 7.75. The van der Waals surface area contributed by atoms with E-state index >= 15 is 0 Å². The van der Waals surface area contributed by atoms with Crippen LogP contribution in [-0.2, 0) is 4.79 Å². The standard InChI is InChI=1S/C20H18ClFN2O4/c21-14-5-4-13(7-15(14)22)28-9-18(26)23-20-10-19(11-20,12-20)8-17(25)16-3-1-2-6-24(16)27/h1-7H,8-12H2,(H-,23,25,26,27)/p+1. The van der Waals surface area contributed by atoms with Gasteiger partial charge >= 0.3 is 0 Å². The summed E-state index contributed by atoms with van der Waals surface area (Å²) in [4.78, 5) is 24.5. The molecule has 2 bridgehead atoms. The van der Waals surface area contributed by atoms with Crippen LogP contribution in [0.2, 0.25) is 5.02 Å². The van der Waals surface area contributed by atoms with Gasteiger partial charge in [-0.1, -0.05) is 11.6 Å². The van der Waals surface area contributed by atoms with Crippen LogP contribution in [0.4, 0.5) is 4.39 Å². The molecule has 0 spiro atoms. The highest BCUT2D eigenvalue weighted by atomic mass is 35.5. The average Bonchev–Trinajstić information content (AvgIpc) is 2.60. The second-order valence-corrected chi connectivity index (χ2v) is 8.16. The van der Waals surface area contributed by atoms with Crippen LogP contribution in [0.15, 0.2) is 42.6 Å². The maximum atomic E-state index is 13.4. The van der Waals surface area contributed by atoms with Gasteiger partial charge in [-0.2, -0.15) is 0 Å². The molecule has 5 rings (SSSR count). The largest absolute Gasteiger partial charge is 0.484 e. The fraction of sp³-hybridized carbons (Fsp3) is 0.350. The third-order valence-electron chi connectivity index (χ3n) is 5.47. The Morgan fingerprint density at radius 2 is 2.00 bits per heavy atom. The Hall–Kier alpha value is -2.67. The number of halogens is 2. The van der Waals surface area contributed by atoms with Crippen molar-refractivity contribution in [2.24, 2.45) is 5.41 Å². The molecule has 0 unspecified atom stereocenters. The van der Waals surface area contributed by atoms with Crippen LogP contribution in [0, 0.1) is 11.2 Å². The van der Waals surface area contributed by atoms with E-state index in [1.54, 1.807) is 18.2 Å². The first-order chi connectivity index (χ1) is 13.3. The molecule has 0 radical (unpaired) electrons. The van der Waals surface area contributed by atoms with E-state index in [0.717, 1.165) is 30.1 Å². The molecule has 3 fully saturated rings. The van der Waals surface area contributed by atoms with Crippen LogP contribution in [0.1, 0.15) is 36.2 Å². The predicted molar refractivity (Wildman–Crippen MR) is 96.8 cm³/mol. The molecular formula is C20H19ClFN2O4+. The first-order valence-electron chi connectivity index (χ1n) is 8.92. The summed E-state index contributed by atoms with van der Waals surface area (Å²) in [6, 6.07) is 8.93. The fourth-order valence-electron chi connectivity index (χ4n) is 4.45. The molecule has 1 aromatic carbocycles. The Morgan fingerprint density at radius 3 is 2.68 bits per heavy atom. The first-order valence-corrected chi connectivity index (χ1v) is 9.30. The Bertz CT molecular complexity index is 945. The van der Waals surface area contributed by atoms with Crippen molar-refractivity contribution in [1.29, 1.82) is 0 Å². The highest BCUT2D eigenvalue weighted by Crippen LogP contribution is 2.69. The highest BCUT2D eigenvalue weighted by molar-refractivity contribution is 6.30. The minimum atomic E-state index is -0.603. The maximum Gasteiger partial charge on any atom is 0.299 e. The fourth-order valence-corrected chi connectivity index (χ4v) is 4.57. The third kappa shape index (κ3) is 3.42. The number of benzene rings is 1. The van der Waals surface area contributed by atoms with Gasteiger partial charge in [0, 0.05) is 34.9 Å². The predicted octanol–water partition coefficient (Wildman–Crippen LogP) is 2.69. The minimum absolute atomic E-state index is 0.00673. The molecule has 3 aliphatic carbocycles. The lowest BCUT2D eigenvalue weighted by atomic mass is 9.38. The molecule has 28 heavy (non-hydrogen) atoms. The third-order valence-corrected chi connectivity index (χ3v) is 5.77. The van der Waals surface area contributed by atoms with E-state index in [9.17, 15) is 19.2 Å². The number of aromatic nitrogens is 1. The maximum absolute atomic E-state index is 13.4. The van der Waals surface area contributed by atoms with Crippen LogP contribution < -0.4 is 14.8 Å². The van der Waals surface area contributed by atoms with E-state index in [2.05, 4.69) is 5.32 Å². The van der Waals surface area contributed by atoms with Gasteiger partial charge in [0.1, 0.15) is 11.6 Å². The van der Waals surface area contributed by atoms with Crippen LogP contribution in [0.5, 0.6) is 5.75 Å². The van der Waals surface area contributed by atoms with Gasteiger partial charge in [0.2, 0.25) is 12.0 Å². The number of hydrogen-bond donors (Lipinski definition) is 2. The highest BCUT2D eigenvalue weighted by Gasteiger charge is 2.68. The number of nitrogens with one attached hydrogen (secondary N) is 1. The number of carbonyl (C=O) groups excluding carboxylic acids is 2. The molecule has 146 valence electrons. The van der Waals surface area contributed by atoms with E-state index in [-0.39, 0.29) is 45.7 Å². The zero-order valence-electron chi connectivity index (χ0n) is 15.0. The van der Waals surface area contributed by atoms with Crippen LogP contribution in [0.3, 0.4) is 0 Å². The number of ketones is 1. The summed E-state index contributed by atoms with van der Waals surface area (Å²) in [6.07, 6.45) is 3.95. The zero-order chi connectivity index (χ0) is 19.9. The van der Waals surface area contributed by atoms with E-state index in [4.69, 9.17) is 16.3 Å². The number of nitrogens with zero attached hydrogens (tertiary/aromatic N) is 1. The quantitative estimate of drug-likeness (QED) is 0.421. The van der Waals surface area contributed by atoms with Gasteiger partial charge in [-0.3, -0.25) is 14.8 Å². The number of hydrogen-bond acceptors (Lipinski definition) is 4. The molecule has 0 aliphatic heterocycles. The minimum Gasteiger partial charge on any atom is -0.484 e. The van der Waals surface area contributed by atoms with Crippen molar-refractivity contribution >= 4 is 23.3 Å². The summed E-state index contributed by atoms with van der Waals surface area (Å²) in [6.45, 7) is -0.219. The lowest BCUT2D eigenvalue weighted by Gasteiger charge is -2.70. The molecule has 3 aliphatic rings. The average molecular weight is 406 g/mol. The summed E-state index contributed by atoms with van der Waals surface area (Å²) in [5.74, 6) is -0.771. The molecule has 0 saturated heterocycles. The van der Waals surface area contributed by atoms with Gasteiger partial charge in [-0.15, -0.1) is 0 Å². The number of ether oxygens (including phenoxy) is 1. The van der Waals surface area contributed by atoms with E-state index in [1.165, 1.54) is 18.3 Å². The number of pyridine rings is 1. The van der Waals surface area contributed by atoms with Gasteiger partial charge in [-0.05, 0) is 42.9 Å². The van der Waals surface area contributed by atoms with E-state index in [1.807, 2.05) is 0 Å². The van der Waals surface area contributed by atoms with Crippen molar-refractivity contribution in [3.8, 4) is 5.75 Å². The summed E-state index contributed by atoms with van der Waals surface area (Å²) in [5.41, 5.74) is -0.125. The molecule has 6 nitrogen and oxygen atoms in total. The molecule has 1 amide bonds. The van der Waals surface area contributed by atoms with E-state index < -0.39 is 5.82 Å². The monoisotopic (exact) mass is 405 g/mol. The van der Waals surface area contributed by atoms with Crippen LogP contribution in [-0.4, -0.2) is 29.0 Å². The summed E-state index contributed by atoms with van der Waals surface area (Å²) >= 11 is 5.61. The summed E-state index contributed by atoms with van der Waals surface area (Å²) in [7, 11) is 0. The zero-order valence-corrected chi connectivity index (χ0v) is 15.7. The van der Waals surface area contributed by atoms with E-state index in [0.29, 0.717) is 6.42 Å². The SMILES string of the molecule is O=C(COc1ccc(Cl)c(F)c1)NC12CC(CC(=O)c3cccc[n+]3O)(C1)C2. The Morgan fingerprint density at radius 1 is 1.25 bits per heavy atom. The van der Waals surface area contributed by atoms with Gasteiger partial charge < -0.3 is 10.1 Å². The molecular weight excluding hydrogens is 387 g/mol. The van der Waals surface area contributed by atoms with Gasteiger partial charge in [0.25, 0.3) is 11.6 Å². The number of Topliss-reactive ketones (excluding diaryl/α,β-unsaturated/α-hetero) is 1. The molecule has 1 aromatic heterocycles. The molecule has 2 N–H and O–H groups in total. The molecule has 1 heterocycles. The van der Waals surface area contributed by atoms with Crippen molar-refractivity contribution in [3.63, 3.8) is 0 Å². The molecule has 3 saturated carbocycles. The van der Waals surface area contributed by atoms with Gasteiger partial charge in [-0.25, -0.2) is 4.39 Å². The van der Waals surface area contributed by atoms with Crippen molar-refractivity contribution < 1.29 is 28.7 Å². The van der Waals surface area contributed by atoms with Gasteiger partial charge in [0.15, 0.2) is 6.61 Å². The second kappa shape index (κ2) is 6.74. The number of rotatable bonds is 7. The Balaban J connectivity index is 1.25. The molecule has 2 aromatic rings. The van der Waals surface area contributed by atoms with Crippen molar-refractivity contribution in [2.45, 2.75) is 31.2 Å². The normalized spacial score (nSPS) is 24.6. The smallest absolute Gasteiger partial charge is 0.299 e. The van der Waals surface area contributed by atoms with Crippen molar-refractivity contribution in [3.05, 3.63) is 59.1 Å². The Kier molecular flexibility index (Phi) is 4.50. The topological polar surface area (TPSA) is 79.5 Å². The summed E-state index contributed by atoms with van der Waals surface area (Å²) < 4.78 is 19.5. The first kappa shape index (κ1) is 18.7. The van der Waals surface area contributed by atoms with Crippen molar-refractivity contribution in [2.75, 3.05) is 6.61 Å². The van der Waals surface area contributed by atoms with Crippen molar-refractivity contribution in [1.82, 2.24) is 5.32 Å². The van der Waals surface area contributed by atoms with Crippen LogP contribution in [0.25, 0.3) is 0 Å². The Labute approximate surface area is 165 Å². The number of carbonyl (C=O) groups is 2.